The predicted octanol–water partition coefficient (Wildman–Crippen LogP) is 7.52. The van der Waals surface area contributed by atoms with E-state index >= 15 is 0 Å². The summed E-state index contributed by atoms with van der Waals surface area (Å²) >= 11 is 0. The van der Waals surface area contributed by atoms with Gasteiger partial charge in [0.05, 0.1) is 0 Å². The molecule has 0 bridgehead atoms. The second-order valence-corrected chi connectivity index (χ2v) is 8.03. The van der Waals surface area contributed by atoms with Crippen molar-refractivity contribution >= 4 is 0 Å². The summed E-state index contributed by atoms with van der Waals surface area (Å²) in [5.41, 5.74) is 2.95. The first-order chi connectivity index (χ1) is 11.9. The van der Waals surface area contributed by atoms with Crippen LogP contribution in [0.25, 0.3) is 0 Å². The van der Waals surface area contributed by atoms with Gasteiger partial charge in [0, 0.05) is 0 Å². The molecule has 4 rings (SSSR count). The monoisotopic (exact) mass is 372 g/mol. The molecule has 136 valence electrons. The molecule has 4 aliphatic carbocycles. The summed E-state index contributed by atoms with van der Waals surface area (Å²) in [5.74, 6) is 1.95. The van der Waals surface area contributed by atoms with E-state index in [2.05, 4.69) is 36.5 Å². The maximum Gasteiger partial charge on any atom is 4.00 e. The van der Waals surface area contributed by atoms with Crippen LogP contribution in [-0.2, 0) is 21.7 Å². The molecule has 1 heteroatoms. The summed E-state index contributed by atoms with van der Waals surface area (Å²) in [4.78, 5) is 0. The standard InChI is InChI=1S/2C12H17.Ti.2H/c2*1-2-6-11(7-3-1)10-12-8-4-5-9-12;;;/h2*4,8,11H,1-3,5-7,10H2;;;/q2*-1;+4;2*-1. The minimum atomic E-state index is 0. The molecule has 0 amide bonds. The Morgan fingerprint density at radius 2 is 1.08 bits per heavy atom. The molecule has 0 heterocycles. The molecule has 0 aliphatic heterocycles. The summed E-state index contributed by atoms with van der Waals surface area (Å²) in [6.07, 6.45) is 35.1. The van der Waals surface area contributed by atoms with Crippen LogP contribution < -0.4 is 0 Å². The Morgan fingerprint density at radius 1 is 0.680 bits per heavy atom. The number of rotatable bonds is 4. The number of allylic oxidation sites excluding steroid dienone is 8. The fraction of sp³-hybridized carbons (Fsp3) is 0.667. The molecular formula is C24H36Ti. The van der Waals surface area contributed by atoms with Gasteiger partial charge < -0.3 is 2.85 Å². The van der Waals surface area contributed by atoms with Gasteiger partial charge in [-0.3, -0.25) is 12.2 Å². The van der Waals surface area contributed by atoms with Crippen molar-refractivity contribution in [2.24, 2.45) is 11.8 Å². The molecular weight excluding hydrogens is 336 g/mol. The molecule has 4 aliphatic rings. The van der Waals surface area contributed by atoms with E-state index in [0.717, 1.165) is 24.7 Å². The van der Waals surface area contributed by atoms with E-state index in [0.29, 0.717) is 0 Å². The average Bonchev–Trinajstić information content (AvgIpc) is 3.32. The van der Waals surface area contributed by atoms with E-state index in [1.54, 1.807) is 0 Å². The van der Waals surface area contributed by atoms with Crippen LogP contribution in [0.2, 0.25) is 0 Å². The van der Waals surface area contributed by atoms with Crippen molar-refractivity contribution in [3.05, 3.63) is 47.6 Å². The van der Waals surface area contributed by atoms with Crippen molar-refractivity contribution in [3.63, 3.8) is 0 Å². The second-order valence-electron chi connectivity index (χ2n) is 8.03. The summed E-state index contributed by atoms with van der Waals surface area (Å²) in [6.45, 7) is 0. The average molecular weight is 372 g/mol. The Balaban J connectivity index is 0.000000451. The summed E-state index contributed by atoms with van der Waals surface area (Å²) in [5, 5.41) is 0. The second kappa shape index (κ2) is 12.1. The zero-order chi connectivity index (χ0) is 16.5. The van der Waals surface area contributed by atoms with Crippen LogP contribution in [0.15, 0.2) is 35.5 Å². The van der Waals surface area contributed by atoms with Gasteiger partial charge in [0.25, 0.3) is 0 Å². The van der Waals surface area contributed by atoms with Gasteiger partial charge in [-0.25, -0.2) is 23.3 Å². The van der Waals surface area contributed by atoms with Crippen LogP contribution in [0.3, 0.4) is 0 Å². The number of hydrogen-bond donors (Lipinski definition) is 0. The summed E-state index contributed by atoms with van der Waals surface area (Å²) in [7, 11) is 0. The van der Waals surface area contributed by atoms with Gasteiger partial charge in [-0.15, -0.1) is 12.8 Å². The van der Waals surface area contributed by atoms with Crippen molar-refractivity contribution in [3.8, 4) is 0 Å². The minimum absolute atomic E-state index is 0. The molecule has 0 aromatic heterocycles. The largest absolute Gasteiger partial charge is 4.00 e. The quantitative estimate of drug-likeness (QED) is 0.354. The van der Waals surface area contributed by atoms with Gasteiger partial charge in [0.15, 0.2) is 0 Å². The van der Waals surface area contributed by atoms with Crippen molar-refractivity contribution in [1.29, 1.82) is 0 Å². The summed E-state index contributed by atoms with van der Waals surface area (Å²) in [6, 6.07) is 0. The fourth-order valence-electron chi connectivity index (χ4n) is 4.59. The molecule has 2 saturated carbocycles. The molecule has 0 atom stereocenters. The van der Waals surface area contributed by atoms with Gasteiger partial charge in [-0.2, -0.15) is 12.2 Å². The van der Waals surface area contributed by atoms with E-state index in [-0.39, 0.29) is 24.6 Å². The molecule has 2 fully saturated rings. The molecule has 0 nitrogen and oxygen atoms in total. The van der Waals surface area contributed by atoms with Gasteiger partial charge in [-0.05, 0) is 11.8 Å². The Hall–Kier alpha value is -0.326. The summed E-state index contributed by atoms with van der Waals surface area (Å²) < 4.78 is 0. The predicted molar refractivity (Wildman–Crippen MR) is 106 cm³/mol. The van der Waals surface area contributed by atoms with E-state index in [9.17, 15) is 0 Å². The van der Waals surface area contributed by atoms with E-state index in [4.69, 9.17) is 0 Å². The van der Waals surface area contributed by atoms with Crippen LogP contribution in [0.5, 0.6) is 0 Å². The van der Waals surface area contributed by atoms with Crippen LogP contribution >= 0.6 is 0 Å². The third kappa shape index (κ3) is 7.84. The zero-order valence-electron chi connectivity index (χ0n) is 17.9. The fourth-order valence-corrected chi connectivity index (χ4v) is 4.59. The molecule has 0 aromatic carbocycles. The van der Waals surface area contributed by atoms with Crippen molar-refractivity contribution in [2.75, 3.05) is 0 Å². The molecule has 0 radical (unpaired) electrons. The first-order valence-electron chi connectivity index (χ1n) is 10.4. The van der Waals surface area contributed by atoms with Crippen molar-refractivity contribution in [1.82, 2.24) is 0 Å². The molecule has 0 aromatic rings. The van der Waals surface area contributed by atoms with E-state index in [1.165, 1.54) is 88.2 Å². The minimum Gasteiger partial charge on any atom is -1.00 e. The SMILES string of the molecule is [C-]1=C(CC2CCCCC2)C=CC1.[C-]1=C(CC2CCCCC2)C=CC1.[H-].[H-].[Ti+4]. The Morgan fingerprint density at radius 3 is 1.40 bits per heavy atom. The normalized spacial score (nSPS) is 23.5. The van der Waals surface area contributed by atoms with Crippen molar-refractivity contribution in [2.45, 2.75) is 89.9 Å². The third-order valence-electron chi connectivity index (χ3n) is 6.00. The smallest absolute Gasteiger partial charge is 1.00 e. The van der Waals surface area contributed by atoms with Crippen LogP contribution in [0.4, 0.5) is 0 Å². The van der Waals surface area contributed by atoms with Crippen molar-refractivity contribution < 1.29 is 24.6 Å². The van der Waals surface area contributed by atoms with Crippen LogP contribution in [0.1, 0.15) is 92.7 Å². The first kappa shape index (κ1) is 21.0. The van der Waals surface area contributed by atoms with Gasteiger partial charge in [0.2, 0.25) is 0 Å². The Labute approximate surface area is 173 Å². The molecule has 0 saturated heterocycles. The van der Waals surface area contributed by atoms with Gasteiger partial charge in [-0.1, -0.05) is 77.0 Å². The zero-order valence-corrected chi connectivity index (χ0v) is 17.4. The molecule has 0 unspecified atom stereocenters. The van der Waals surface area contributed by atoms with Crippen LogP contribution in [-0.4, -0.2) is 0 Å². The van der Waals surface area contributed by atoms with Gasteiger partial charge in [0.1, 0.15) is 0 Å². The van der Waals surface area contributed by atoms with Gasteiger partial charge >= 0.3 is 21.7 Å². The maximum absolute atomic E-state index is 3.41. The topological polar surface area (TPSA) is 0 Å². The van der Waals surface area contributed by atoms with E-state index < -0.39 is 0 Å². The Kier molecular flexibility index (Phi) is 10.2. The molecule has 25 heavy (non-hydrogen) atoms. The Bertz CT molecular complexity index is 447. The molecule has 0 N–H and O–H groups in total. The first-order valence-corrected chi connectivity index (χ1v) is 10.4. The third-order valence-corrected chi connectivity index (χ3v) is 6.00. The number of hydrogen-bond acceptors (Lipinski definition) is 0. The molecule has 0 spiro atoms. The maximum atomic E-state index is 3.41. The van der Waals surface area contributed by atoms with Crippen LogP contribution in [0, 0.1) is 24.0 Å². The van der Waals surface area contributed by atoms with E-state index in [1.807, 2.05) is 0 Å².